The Morgan fingerprint density at radius 1 is 1.38 bits per heavy atom. The number of alkyl halides is 4. The van der Waals surface area contributed by atoms with Crippen LogP contribution < -0.4 is 4.90 Å². The van der Waals surface area contributed by atoms with Gasteiger partial charge in [-0.05, 0) is 44.0 Å². The van der Waals surface area contributed by atoms with Gasteiger partial charge in [0.2, 0.25) is 0 Å². The van der Waals surface area contributed by atoms with E-state index in [1.165, 1.54) is 32.0 Å². The highest BCUT2D eigenvalue weighted by atomic mass is 35.5. The molecule has 0 N–H and O–H groups in total. The Kier molecular flexibility index (Phi) is 4.02. The summed E-state index contributed by atoms with van der Waals surface area (Å²) in [6.45, 7) is 3.06. The Labute approximate surface area is 124 Å². The molecule has 0 spiro atoms. The molecule has 0 saturated heterocycles. The fraction of sp³-hybridized carbons (Fsp3) is 0.429. The number of nitrogens with zero attached hydrogens (tertiary/aromatic N) is 1. The van der Waals surface area contributed by atoms with Crippen LogP contribution in [0.5, 0.6) is 0 Å². The van der Waals surface area contributed by atoms with Gasteiger partial charge in [0.1, 0.15) is 0 Å². The van der Waals surface area contributed by atoms with E-state index in [-0.39, 0.29) is 17.9 Å². The molecule has 0 radical (unpaired) electrons. The first kappa shape index (κ1) is 15.8. The first-order valence-corrected chi connectivity index (χ1v) is 6.78. The first-order chi connectivity index (χ1) is 9.62. The lowest BCUT2D eigenvalue weighted by Gasteiger charge is -2.23. The lowest BCUT2D eigenvalue weighted by atomic mass is 10.0. The summed E-state index contributed by atoms with van der Waals surface area (Å²) in [7, 11) is 0. The Hall–Kier alpha value is -1.56. The SMILES string of the molecule is CC(Cl)C(=O)c1ccc2c(c1)CC(C)N2C(=O)C(F)(F)F. The molecule has 3 nitrogen and oxygen atoms in total. The third-order valence-corrected chi connectivity index (χ3v) is 3.60. The Morgan fingerprint density at radius 3 is 2.52 bits per heavy atom. The van der Waals surface area contributed by atoms with E-state index in [0.29, 0.717) is 11.1 Å². The molecule has 0 aliphatic carbocycles. The minimum absolute atomic E-state index is 0.198. The number of anilines is 1. The highest BCUT2D eigenvalue weighted by Gasteiger charge is 2.46. The van der Waals surface area contributed by atoms with Crippen LogP contribution in [0, 0.1) is 0 Å². The summed E-state index contributed by atoms with van der Waals surface area (Å²) in [5, 5.41) is -0.713. The molecule has 7 heteroatoms. The number of hydrogen-bond donors (Lipinski definition) is 0. The van der Waals surface area contributed by atoms with Crippen molar-refractivity contribution in [2.24, 2.45) is 0 Å². The highest BCUT2D eigenvalue weighted by molar-refractivity contribution is 6.33. The highest BCUT2D eigenvalue weighted by Crippen LogP contribution is 2.36. The third-order valence-electron chi connectivity index (χ3n) is 3.40. The topological polar surface area (TPSA) is 37.4 Å². The molecule has 2 atom stereocenters. The van der Waals surface area contributed by atoms with Crippen LogP contribution in [0.25, 0.3) is 0 Å². The zero-order valence-electron chi connectivity index (χ0n) is 11.4. The zero-order valence-corrected chi connectivity index (χ0v) is 12.1. The maximum absolute atomic E-state index is 12.6. The number of Topliss-reactive ketones (excluding diaryl/α,β-unsaturated/α-hetero) is 1. The molecule has 1 aromatic rings. The summed E-state index contributed by atoms with van der Waals surface area (Å²) in [5.74, 6) is -2.19. The number of benzene rings is 1. The van der Waals surface area contributed by atoms with E-state index in [9.17, 15) is 22.8 Å². The number of carbonyl (C=O) groups is 2. The molecule has 0 fully saturated rings. The average Bonchev–Trinajstić information content (AvgIpc) is 2.70. The third kappa shape index (κ3) is 2.90. The second-order valence-electron chi connectivity index (χ2n) is 5.05. The Morgan fingerprint density at radius 2 is 2.00 bits per heavy atom. The van der Waals surface area contributed by atoms with E-state index in [1.54, 1.807) is 0 Å². The summed E-state index contributed by atoms with van der Waals surface area (Å²) in [6, 6.07) is 3.67. The van der Waals surface area contributed by atoms with Gasteiger partial charge in [-0.15, -0.1) is 11.6 Å². The lowest BCUT2D eigenvalue weighted by molar-refractivity contribution is -0.170. The van der Waals surface area contributed by atoms with E-state index in [4.69, 9.17) is 11.6 Å². The van der Waals surface area contributed by atoms with Gasteiger partial charge < -0.3 is 4.90 Å². The molecule has 0 saturated carbocycles. The van der Waals surface area contributed by atoms with Crippen LogP contribution in [0.4, 0.5) is 18.9 Å². The largest absolute Gasteiger partial charge is 0.471 e. The molecule has 1 heterocycles. The fourth-order valence-corrected chi connectivity index (χ4v) is 2.59. The maximum Gasteiger partial charge on any atom is 0.471 e. The molecular formula is C14H13ClF3NO2. The van der Waals surface area contributed by atoms with Crippen LogP contribution in [0.1, 0.15) is 29.8 Å². The smallest absolute Gasteiger partial charge is 0.301 e. The normalized spacial score (nSPS) is 19.3. The number of hydrogen-bond acceptors (Lipinski definition) is 2. The van der Waals surface area contributed by atoms with E-state index in [1.807, 2.05) is 0 Å². The number of amides is 1. The summed E-state index contributed by atoms with van der Waals surface area (Å²) in [5.41, 5.74) is 1.08. The molecule has 1 aliphatic heterocycles. The second-order valence-corrected chi connectivity index (χ2v) is 5.70. The molecule has 0 aromatic heterocycles. The number of halogens is 4. The molecular weight excluding hydrogens is 307 g/mol. The molecule has 0 bridgehead atoms. The van der Waals surface area contributed by atoms with Crippen molar-refractivity contribution in [2.45, 2.75) is 37.9 Å². The van der Waals surface area contributed by atoms with Crippen LogP contribution in [0.2, 0.25) is 0 Å². The van der Waals surface area contributed by atoms with Crippen molar-refractivity contribution in [3.05, 3.63) is 29.3 Å². The van der Waals surface area contributed by atoms with Crippen LogP contribution in [0.15, 0.2) is 18.2 Å². The molecule has 2 rings (SSSR count). The van der Waals surface area contributed by atoms with E-state index < -0.39 is 23.5 Å². The van der Waals surface area contributed by atoms with Crippen molar-refractivity contribution in [3.63, 3.8) is 0 Å². The zero-order chi connectivity index (χ0) is 15.9. The number of carbonyl (C=O) groups excluding carboxylic acids is 2. The quantitative estimate of drug-likeness (QED) is 0.619. The molecule has 21 heavy (non-hydrogen) atoms. The fourth-order valence-electron chi connectivity index (χ4n) is 2.46. The Balaban J connectivity index is 2.39. The summed E-state index contributed by atoms with van der Waals surface area (Å²) >= 11 is 5.72. The average molecular weight is 320 g/mol. The van der Waals surface area contributed by atoms with Crippen molar-refractivity contribution >= 4 is 29.0 Å². The van der Waals surface area contributed by atoms with Gasteiger partial charge in [0, 0.05) is 17.3 Å². The van der Waals surface area contributed by atoms with E-state index in [2.05, 4.69) is 0 Å². The van der Waals surface area contributed by atoms with Crippen molar-refractivity contribution in [3.8, 4) is 0 Å². The Bertz CT molecular complexity index is 598. The predicted molar refractivity (Wildman–Crippen MR) is 72.8 cm³/mol. The van der Waals surface area contributed by atoms with Crippen molar-refractivity contribution in [1.29, 1.82) is 0 Å². The van der Waals surface area contributed by atoms with Gasteiger partial charge in [0.05, 0.1) is 5.38 Å². The monoisotopic (exact) mass is 319 g/mol. The van der Waals surface area contributed by atoms with Gasteiger partial charge in [-0.2, -0.15) is 13.2 Å². The van der Waals surface area contributed by atoms with Gasteiger partial charge in [0.15, 0.2) is 5.78 Å². The van der Waals surface area contributed by atoms with Crippen LogP contribution in [-0.2, 0) is 11.2 Å². The van der Waals surface area contributed by atoms with Gasteiger partial charge in [-0.25, -0.2) is 0 Å². The van der Waals surface area contributed by atoms with E-state index >= 15 is 0 Å². The number of ketones is 1. The van der Waals surface area contributed by atoms with Gasteiger partial charge in [0.25, 0.3) is 0 Å². The molecule has 114 valence electrons. The minimum atomic E-state index is -4.92. The van der Waals surface area contributed by atoms with Crippen molar-refractivity contribution < 1.29 is 22.8 Å². The van der Waals surface area contributed by atoms with Gasteiger partial charge in [-0.3, -0.25) is 9.59 Å². The predicted octanol–water partition coefficient (Wildman–Crippen LogP) is 3.34. The molecule has 1 aliphatic rings. The van der Waals surface area contributed by atoms with Crippen molar-refractivity contribution in [2.75, 3.05) is 4.90 Å². The summed E-state index contributed by atoms with van der Waals surface area (Å²) < 4.78 is 37.9. The summed E-state index contributed by atoms with van der Waals surface area (Å²) in [6.07, 6.45) is -4.65. The first-order valence-electron chi connectivity index (χ1n) is 6.34. The van der Waals surface area contributed by atoms with Crippen LogP contribution in [-0.4, -0.2) is 29.3 Å². The van der Waals surface area contributed by atoms with Crippen LogP contribution in [0.3, 0.4) is 0 Å². The van der Waals surface area contributed by atoms with E-state index in [0.717, 1.165) is 4.90 Å². The van der Waals surface area contributed by atoms with Gasteiger partial charge in [-0.1, -0.05) is 0 Å². The van der Waals surface area contributed by atoms with Crippen LogP contribution >= 0.6 is 11.6 Å². The second kappa shape index (κ2) is 5.33. The number of rotatable bonds is 2. The van der Waals surface area contributed by atoms with Crippen molar-refractivity contribution in [1.82, 2.24) is 0 Å². The molecule has 2 unspecified atom stereocenters. The van der Waals surface area contributed by atoms with Gasteiger partial charge >= 0.3 is 12.1 Å². The minimum Gasteiger partial charge on any atom is -0.301 e. The molecule has 1 aromatic carbocycles. The molecule has 1 amide bonds. The maximum atomic E-state index is 12.6. The lowest BCUT2D eigenvalue weighted by Crippen LogP contribution is -2.44. The standard InChI is InChI=1S/C14H13ClF3NO2/c1-7-5-10-6-9(12(20)8(2)15)3-4-11(10)19(7)13(21)14(16,17)18/h3-4,6-8H,5H2,1-2H3. The summed E-state index contributed by atoms with van der Waals surface area (Å²) in [4.78, 5) is 24.0. The number of fused-ring (bicyclic) bond motifs is 1.